The molecule has 1 amide bonds. The van der Waals surface area contributed by atoms with E-state index in [1.807, 2.05) is 0 Å². The van der Waals surface area contributed by atoms with Crippen molar-refractivity contribution in [2.24, 2.45) is 0 Å². The van der Waals surface area contributed by atoms with Crippen LogP contribution in [0.4, 0.5) is 16.2 Å². The largest absolute Gasteiger partial charge is 0.444 e. The summed E-state index contributed by atoms with van der Waals surface area (Å²) >= 11 is 0. The molecule has 35 heavy (non-hydrogen) atoms. The number of rotatable bonds is 6. The molecule has 1 aliphatic rings. The van der Waals surface area contributed by atoms with Crippen LogP contribution in [0, 0.1) is 10.1 Å². The minimum absolute atomic E-state index is 0.0824. The summed E-state index contributed by atoms with van der Waals surface area (Å²) in [5.74, 6) is 0. The molecule has 0 bridgehead atoms. The maximum absolute atomic E-state index is 13.1. The lowest BCUT2D eigenvalue weighted by Crippen LogP contribution is -2.38. The molecule has 0 saturated heterocycles. The van der Waals surface area contributed by atoms with Crippen LogP contribution < -0.4 is 10.6 Å². The summed E-state index contributed by atoms with van der Waals surface area (Å²) in [6, 6.07) is 9.07. The van der Waals surface area contributed by atoms with Gasteiger partial charge in [0.05, 0.1) is 15.2 Å². The Bertz CT molecular complexity index is 1360. The zero-order chi connectivity index (χ0) is 25.4. The zero-order valence-corrected chi connectivity index (χ0v) is 20.4. The topological polar surface area (TPSA) is 145 Å². The molecule has 4 rings (SSSR count). The number of amides is 1. The lowest BCUT2D eigenvalue weighted by Gasteiger charge is -2.22. The summed E-state index contributed by atoms with van der Waals surface area (Å²) in [6.45, 7) is 5.34. The molecule has 12 heteroatoms. The van der Waals surface area contributed by atoms with E-state index in [0.717, 1.165) is 10.2 Å². The molecule has 1 aromatic carbocycles. The van der Waals surface area contributed by atoms with Gasteiger partial charge < -0.3 is 15.4 Å². The zero-order valence-electron chi connectivity index (χ0n) is 19.6. The van der Waals surface area contributed by atoms with Gasteiger partial charge in [-0.25, -0.2) is 22.2 Å². The Hall–Kier alpha value is -3.67. The predicted octanol–water partition coefficient (Wildman–Crippen LogP) is 4.04. The average molecular weight is 502 g/mol. The number of fused-ring (bicyclic) bond motifs is 1. The van der Waals surface area contributed by atoms with Gasteiger partial charge in [0.2, 0.25) is 0 Å². The smallest absolute Gasteiger partial charge is 0.407 e. The lowest BCUT2D eigenvalue weighted by molar-refractivity contribution is -0.384. The van der Waals surface area contributed by atoms with Crippen LogP contribution in [-0.2, 0) is 14.8 Å². The number of nitrogens with one attached hydrogen (secondary N) is 2. The number of ether oxygens (including phenoxy) is 1. The van der Waals surface area contributed by atoms with E-state index in [0.29, 0.717) is 24.6 Å². The summed E-state index contributed by atoms with van der Waals surface area (Å²) in [5, 5.41) is 18.1. The van der Waals surface area contributed by atoms with Crippen LogP contribution in [-0.4, -0.2) is 46.1 Å². The lowest BCUT2D eigenvalue weighted by atomic mass is 10.2. The summed E-state index contributed by atoms with van der Waals surface area (Å²) in [4.78, 5) is 27.5. The average Bonchev–Trinajstić information content (AvgIpc) is 3.40. The Morgan fingerprint density at radius 1 is 1.17 bits per heavy atom. The molecule has 0 radical (unpaired) electrons. The Kier molecular flexibility index (Phi) is 6.41. The Morgan fingerprint density at radius 3 is 2.51 bits per heavy atom. The van der Waals surface area contributed by atoms with Crippen molar-refractivity contribution in [1.29, 1.82) is 0 Å². The number of hydrogen-bond acceptors (Lipinski definition) is 8. The van der Waals surface area contributed by atoms with Gasteiger partial charge in [0.1, 0.15) is 17.5 Å². The molecule has 0 aliphatic heterocycles. The van der Waals surface area contributed by atoms with Crippen LogP contribution in [0.15, 0.2) is 53.7 Å². The second-order valence-corrected chi connectivity index (χ2v) is 11.3. The van der Waals surface area contributed by atoms with Gasteiger partial charge in [-0.2, -0.15) is 0 Å². The number of carbonyl (C=O) groups is 1. The fourth-order valence-electron chi connectivity index (χ4n) is 4.16. The minimum Gasteiger partial charge on any atom is -0.444 e. The molecule has 1 saturated carbocycles. The third-order valence-corrected chi connectivity index (χ3v) is 7.34. The van der Waals surface area contributed by atoms with Gasteiger partial charge >= 0.3 is 11.8 Å². The van der Waals surface area contributed by atoms with Gasteiger partial charge in [0.25, 0.3) is 10.0 Å². The predicted molar refractivity (Wildman–Crippen MR) is 130 cm³/mol. The van der Waals surface area contributed by atoms with Crippen molar-refractivity contribution in [3.8, 4) is 0 Å². The second-order valence-electron chi connectivity index (χ2n) is 9.44. The first-order valence-corrected chi connectivity index (χ1v) is 12.6. The number of nitrogens with zero attached hydrogens (tertiary/aromatic N) is 3. The molecular weight excluding hydrogens is 474 g/mol. The van der Waals surface area contributed by atoms with Gasteiger partial charge in [0.15, 0.2) is 5.65 Å². The fourth-order valence-corrected chi connectivity index (χ4v) is 5.49. The quantitative estimate of drug-likeness (QED) is 0.380. The molecular formula is C23H27N5O6S. The van der Waals surface area contributed by atoms with Crippen molar-refractivity contribution < 1.29 is 22.9 Å². The summed E-state index contributed by atoms with van der Waals surface area (Å²) in [5.41, 5.74) is -0.583. The molecule has 2 unspecified atom stereocenters. The van der Waals surface area contributed by atoms with Crippen molar-refractivity contribution in [2.75, 3.05) is 5.32 Å². The van der Waals surface area contributed by atoms with Gasteiger partial charge in [-0.15, -0.1) is 0 Å². The highest BCUT2D eigenvalue weighted by atomic mass is 32.2. The first kappa shape index (κ1) is 24.5. The first-order chi connectivity index (χ1) is 16.5. The third kappa shape index (κ3) is 5.21. The highest BCUT2D eigenvalue weighted by molar-refractivity contribution is 7.90. The molecule has 11 nitrogen and oxygen atoms in total. The van der Waals surface area contributed by atoms with Gasteiger partial charge in [0, 0.05) is 18.3 Å². The number of alkyl carbamates (subject to hydrolysis) is 1. The molecule has 2 aromatic heterocycles. The first-order valence-electron chi connectivity index (χ1n) is 11.2. The molecule has 186 valence electrons. The van der Waals surface area contributed by atoms with Crippen LogP contribution in [0.1, 0.15) is 40.0 Å². The van der Waals surface area contributed by atoms with Crippen molar-refractivity contribution in [3.63, 3.8) is 0 Å². The van der Waals surface area contributed by atoms with E-state index < -0.39 is 26.6 Å². The van der Waals surface area contributed by atoms with Gasteiger partial charge in [-0.1, -0.05) is 18.2 Å². The summed E-state index contributed by atoms with van der Waals surface area (Å²) in [7, 11) is -3.94. The number of anilines is 1. The van der Waals surface area contributed by atoms with Crippen molar-refractivity contribution in [3.05, 3.63) is 58.9 Å². The molecule has 2 heterocycles. The van der Waals surface area contributed by atoms with E-state index in [-0.39, 0.29) is 34.0 Å². The maximum atomic E-state index is 13.1. The van der Waals surface area contributed by atoms with E-state index in [1.165, 1.54) is 24.4 Å². The molecule has 1 fully saturated rings. The van der Waals surface area contributed by atoms with Crippen molar-refractivity contribution in [1.82, 2.24) is 14.3 Å². The normalized spacial score (nSPS) is 18.4. The monoisotopic (exact) mass is 501 g/mol. The van der Waals surface area contributed by atoms with Crippen LogP contribution in [0.25, 0.3) is 11.0 Å². The molecule has 2 atom stereocenters. The summed E-state index contributed by atoms with van der Waals surface area (Å²) in [6.07, 6.45) is 3.75. The van der Waals surface area contributed by atoms with Crippen LogP contribution in [0.2, 0.25) is 0 Å². The molecule has 0 spiro atoms. The number of carbonyl (C=O) groups excluding carboxylic acids is 1. The van der Waals surface area contributed by atoms with Crippen LogP contribution in [0.3, 0.4) is 0 Å². The molecule has 3 aromatic rings. The standard InChI is InChI=1S/C23H27N5O6S/c1-23(2,3)34-22(29)26-16-10-9-15(13-16)25-20-18-11-12-27(21(18)24-14-19(20)28(30)31)35(32,33)17-7-5-4-6-8-17/h4-8,11-12,14-16H,9-10,13H2,1-3H3,(H,24,25)(H,26,29). The maximum Gasteiger partial charge on any atom is 0.407 e. The number of nitro groups is 1. The van der Waals surface area contributed by atoms with E-state index in [1.54, 1.807) is 39.0 Å². The SMILES string of the molecule is CC(C)(C)OC(=O)NC1CCC(Nc2c([N+](=O)[O-])cnc3c2ccn3S(=O)(=O)c2ccccc2)C1. The van der Waals surface area contributed by atoms with Crippen LogP contribution >= 0.6 is 0 Å². The van der Waals surface area contributed by atoms with E-state index in [9.17, 15) is 23.3 Å². The Labute approximate surface area is 202 Å². The number of hydrogen-bond donors (Lipinski definition) is 2. The fraction of sp³-hybridized carbons (Fsp3) is 0.391. The minimum atomic E-state index is -3.94. The Balaban J connectivity index is 1.61. The number of pyridine rings is 1. The van der Waals surface area contributed by atoms with E-state index in [2.05, 4.69) is 15.6 Å². The number of aromatic nitrogens is 2. The third-order valence-electron chi connectivity index (χ3n) is 5.66. The molecule has 2 N–H and O–H groups in total. The van der Waals surface area contributed by atoms with Gasteiger partial charge in [-0.05, 0) is 58.2 Å². The van der Waals surface area contributed by atoms with Gasteiger partial charge in [-0.3, -0.25) is 10.1 Å². The van der Waals surface area contributed by atoms with Crippen LogP contribution in [0.5, 0.6) is 0 Å². The van der Waals surface area contributed by atoms with E-state index >= 15 is 0 Å². The van der Waals surface area contributed by atoms with Crippen molar-refractivity contribution >= 4 is 38.5 Å². The Morgan fingerprint density at radius 2 is 1.86 bits per heavy atom. The highest BCUT2D eigenvalue weighted by Gasteiger charge is 2.31. The molecule has 1 aliphatic carbocycles. The highest BCUT2D eigenvalue weighted by Crippen LogP contribution is 2.36. The number of benzene rings is 1. The van der Waals surface area contributed by atoms with E-state index in [4.69, 9.17) is 4.74 Å². The summed E-state index contributed by atoms with van der Waals surface area (Å²) < 4.78 is 32.6. The van der Waals surface area contributed by atoms with Crippen molar-refractivity contribution in [2.45, 2.75) is 62.6 Å². The second kappa shape index (κ2) is 9.17.